The maximum Gasteiger partial charge on any atom is 0.239 e. The normalized spacial score (nSPS) is 13.2. The summed E-state index contributed by atoms with van der Waals surface area (Å²) in [6.45, 7) is 8.27. The standard InChI is InChI=1S/C18H29N3O3/c1-5-10-24-15-8-6-14(7-9-15)13(4)21-16(22)11-20-18(23)17(19)12(2)3/h6-9,12-13,17H,5,10-11,19H2,1-4H3,(H,20,23)(H,21,22)/t13?,17-/m0/s1. The first-order valence-electron chi connectivity index (χ1n) is 8.40. The lowest BCUT2D eigenvalue weighted by atomic mass is 10.1. The van der Waals surface area contributed by atoms with Crippen molar-refractivity contribution in [1.29, 1.82) is 0 Å². The van der Waals surface area contributed by atoms with Gasteiger partial charge in [0.2, 0.25) is 11.8 Å². The predicted molar refractivity (Wildman–Crippen MR) is 94.6 cm³/mol. The molecule has 0 saturated carbocycles. The van der Waals surface area contributed by atoms with Crippen molar-refractivity contribution in [2.75, 3.05) is 13.2 Å². The van der Waals surface area contributed by atoms with Crippen LogP contribution in [0.3, 0.4) is 0 Å². The maximum absolute atomic E-state index is 11.9. The molecule has 0 heterocycles. The fraction of sp³-hybridized carbons (Fsp3) is 0.556. The predicted octanol–water partition coefficient (Wildman–Crippen LogP) is 1.75. The third kappa shape index (κ3) is 6.58. The van der Waals surface area contributed by atoms with Crippen LogP contribution in [0, 0.1) is 5.92 Å². The van der Waals surface area contributed by atoms with Gasteiger partial charge in [0.25, 0.3) is 0 Å². The summed E-state index contributed by atoms with van der Waals surface area (Å²) in [5, 5.41) is 5.40. The SMILES string of the molecule is CCCOc1ccc(C(C)NC(=O)CNC(=O)[C@@H](N)C(C)C)cc1. The van der Waals surface area contributed by atoms with Crippen molar-refractivity contribution < 1.29 is 14.3 Å². The molecule has 24 heavy (non-hydrogen) atoms. The molecule has 0 aliphatic carbocycles. The second-order valence-corrected chi connectivity index (χ2v) is 6.19. The number of benzene rings is 1. The Morgan fingerprint density at radius 1 is 1.17 bits per heavy atom. The Hall–Kier alpha value is -2.08. The van der Waals surface area contributed by atoms with Crippen molar-refractivity contribution in [2.24, 2.45) is 11.7 Å². The van der Waals surface area contributed by atoms with Gasteiger partial charge in [-0.25, -0.2) is 0 Å². The molecule has 0 aliphatic heterocycles. The first-order chi connectivity index (χ1) is 11.3. The topological polar surface area (TPSA) is 93.5 Å². The Morgan fingerprint density at radius 2 is 1.79 bits per heavy atom. The highest BCUT2D eigenvalue weighted by Gasteiger charge is 2.18. The number of carbonyl (C=O) groups excluding carboxylic acids is 2. The number of carbonyl (C=O) groups is 2. The zero-order chi connectivity index (χ0) is 18.1. The van der Waals surface area contributed by atoms with E-state index in [0.29, 0.717) is 6.61 Å². The molecule has 1 rings (SSSR count). The van der Waals surface area contributed by atoms with E-state index in [1.165, 1.54) is 0 Å². The summed E-state index contributed by atoms with van der Waals surface area (Å²) >= 11 is 0. The smallest absolute Gasteiger partial charge is 0.239 e. The van der Waals surface area contributed by atoms with E-state index < -0.39 is 6.04 Å². The van der Waals surface area contributed by atoms with Crippen molar-refractivity contribution in [1.82, 2.24) is 10.6 Å². The summed E-state index contributed by atoms with van der Waals surface area (Å²) in [5.41, 5.74) is 6.70. The molecule has 0 saturated heterocycles. The first kappa shape index (κ1) is 20.0. The van der Waals surface area contributed by atoms with Crippen LogP contribution in [-0.4, -0.2) is 31.0 Å². The second-order valence-electron chi connectivity index (χ2n) is 6.19. The van der Waals surface area contributed by atoms with E-state index in [1.807, 2.05) is 45.0 Å². The summed E-state index contributed by atoms with van der Waals surface area (Å²) in [4.78, 5) is 23.7. The fourth-order valence-electron chi connectivity index (χ4n) is 2.04. The number of hydrogen-bond acceptors (Lipinski definition) is 4. The van der Waals surface area contributed by atoms with Gasteiger partial charge in [-0.05, 0) is 37.0 Å². The zero-order valence-corrected chi connectivity index (χ0v) is 15.0. The van der Waals surface area contributed by atoms with E-state index in [-0.39, 0.29) is 30.3 Å². The summed E-state index contributed by atoms with van der Waals surface area (Å²) in [6.07, 6.45) is 0.959. The molecule has 6 nitrogen and oxygen atoms in total. The van der Waals surface area contributed by atoms with Crippen molar-refractivity contribution in [3.05, 3.63) is 29.8 Å². The molecule has 4 N–H and O–H groups in total. The maximum atomic E-state index is 11.9. The summed E-state index contributed by atoms with van der Waals surface area (Å²) < 4.78 is 5.53. The lowest BCUT2D eigenvalue weighted by molar-refractivity contribution is -0.127. The Labute approximate surface area is 144 Å². The third-order valence-electron chi connectivity index (χ3n) is 3.67. The molecule has 0 aliphatic rings. The highest BCUT2D eigenvalue weighted by atomic mass is 16.5. The number of ether oxygens (including phenoxy) is 1. The molecule has 0 bridgehead atoms. The molecule has 134 valence electrons. The van der Waals surface area contributed by atoms with Gasteiger partial charge >= 0.3 is 0 Å². The molecule has 0 spiro atoms. The Morgan fingerprint density at radius 3 is 2.33 bits per heavy atom. The summed E-state index contributed by atoms with van der Waals surface area (Å²) in [7, 11) is 0. The molecular formula is C18H29N3O3. The minimum Gasteiger partial charge on any atom is -0.494 e. The molecular weight excluding hydrogens is 306 g/mol. The molecule has 0 radical (unpaired) electrons. The van der Waals surface area contributed by atoms with Gasteiger partial charge < -0.3 is 21.1 Å². The highest BCUT2D eigenvalue weighted by Crippen LogP contribution is 2.17. The van der Waals surface area contributed by atoms with Crippen LogP contribution in [0.4, 0.5) is 0 Å². The van der Waals surface area contributed by atoms with E-state index in [4.69, 9.17) is 10.5 Å². The van der Waals surface area contributed by atoms with E-state index in [2.05, 4.69) is 17.6 Å². The highest BCUT2D eigenvalue weighted by molar-refractivity contribution is 5.87. The van der Waals surface area contributed by atoms with E-state index >= 15 is 0 Å². The molecule has 1 aromatic rings. The average Bonchev–Trinajstić information content (AvgIpc) is 2.57. The van der Waals surface area contributed by atoms with Gasteiger partial charge in [0, 0.05) is 0 Å². The van der Waals surface area contributed by atoms with Crippen molar-refractivity contribution in [2.45, 2.75) is 46.2 Å². The Kier molecular flexibility index (Phi) is 8.26. The molecule has 1 unspecified atom stereocenters. The summed E-state index contributed by atoms with van der Waals surface area (Å²) in [6, 6.07) is 6.85. The number of rotatable bonds is 9. The molecule has 2 atom stereocenters. The lowest BCUT2D eigenvalue weighted by Gasteiger charge is -2.17. The first-order valence-corrected chi connectivity index (χ1v) is 8.40. The largest absolute Gasteiger partial charge is 0.494 e. The van der Waals surface area contributed by atoms with Gasteiger partial charge in [0.05, 0.1) is 25.2 Å². The second kappa shape index (κ2) is 9.93. The monoisotopic (exact) mass is 335 g/mol. The van der Waals surface area contributed by atoms with Crippen LogP contribution in [0.15, 0.2) is 24.3 Å². The van der Waals surface area contributed by atoms with Gasteiger partial charge in [0.15, 0.2) is 0 Å². The zero-order valence-electron chi connectivity index (χ0n) is 15.0. The number of nitrogens with one attached hydrogen (secondary N) is 2. The van der Waals surface area contributed by atoms with E-state index in [9.17, 15) is 9.59 Å². The van der Waals surface area contributed by atoms with Gasteiger partial charge in [-0.15, -0.1) is 0 Å². The van der Waals surface area contributed by atoms with Gasteiger partial charge in [-0.1, -0.05) is 32.9 Å². The van der Waals surface area contributed by atoms with Gasteiger partial charge in [-0.3, -0.25) is 9.59 Å². The van der Waals surface area contributed by atoms with Gasteiger partial charge in [0.1, 0.15) is 5.75 Å². The van der Waals surface area contributed by atoms with Crippen LogP contribution in [0.25, 0.3) is 0 Å². The van der Waals surface area contributed by atoms with Crippen molar-refractivity contribution in [3.63, 3.8) is 0 Å². The fourth-order valence-corrected chi connectivity index (χ4v) is 2.04. The van der Waals surface area contributed by atoms with Crippen LogP contribution in [0.2, 0.25) is 0 Å². The quantitative estimate of drug-likeness (QED) is 0.641. The molecule has 6 heteroatoms. The van der Waals surface area contributed by atoms with Crippen LogP contribution in [0.1, 0.15) is 45.7 Å². The van der Waals surface area contributed by atoms with Crippen LogP contribution in [0.5, 0.6) is 5.75 Å². The van der Waals surface area contributed by atoms with Crippen molar-refractivity contribution >= 4 is 11.8 Å². The Balaban J connectivity index is 2.44. The van der Waals surface area contributed by atoms with Crippen molar-refractivity contribution in [3.8, 4) is 5.75 Å². The minimum atomic E-state index is -0.606. The van der Waals surface area contributed by atoms with Crippen LogP contribution >= 0.6 is 0 Å². The lowest BCUT2D eigenvalue weighted by Crippen LogP contribution is -2.47. The Bertz CT molecular complexity index is 529. The number of nitrogens with two attached hydrogens (primary N) is 1. The van der Waals surface area contributed by atoms with E-state index in [1.54, 1.807) is 0 Å². The molecule has 2 amide bonds. The van der Waals surface area contributed by atoms with Gasteiger partial charge in [-0.2, -0.15) is 0 Å². The number of amides is 2. The van der Waals surface area contributed by atoms with E-state index in [0.717, 1.165) is 17.7 Å². The molecule has 1 aromatic carbocycles. The minimum absolute atomic E-state index is 0.0282. The van der Waals surface area contributed by atoms with Crippen LogP contribution < -0.4 is 21.1 Å². The van der Waals surface area contributed by atoms with Crippen LogP contribution in [-0.2, 0) is 9.59 Å². The number of hydrogen-bond donors (Lipinski definition) is 3. The average molecular weight is 335 g/mol. The summed E-state index contributed by atoms with van der Waals surface area (Å²) in [5.74, 6) is 0.276. The molecule has 0 fully saturated rings. The molecule has 0 aromatic heterocycles. The third-order valence-corrected chi connectivity index (χ3v) is 3.67.